The molecule has 0 fully saturated rings. The average molecular weight is 264 g/mol. The van der Waals surface area contributed by atoms with Crippen LogP contribution in [0.1, 0.15) is 30.6 Å². The number of ketones is 1. The summed E-state index contributed by atoms with van der Waals surface area (Å²) in [6, 6.07) is 4.83. The van der Waals surface area contributed by atoms with E-state index in [1.165, 1.54) is 6.92 Å². The van der Waals surface area contributed by atoms with Crippen LogP contribution < -0.4 is 10.6 Å². The van der Waals surface area contributed by atoms with E-state index in [0.717, 1.165) is 0 Å². The number of hydrogen-bond acceptors (Lipinski definition) is 3. The highest BCUT2D eigenvalue weighted by Crippen LogP contribution is 2.10. The zero-order valence-corrected chi connectivity index (χ0v) is 10.8. The van der Waals surface area contributed by atoms with Crippen LogP contribution in [0.15, 0.2) is 24.3 Å². The largest absolute Gasteiger partial charge is 0.480 e. The third-order valence-corrected chi connectivity index (χ3v) is 2.56. The molecule has 19 heavy (non-hydrogen) atoms. The number of anilines is 1. The first-order valence-electron chi connectivity index (χ1n) is 5.85. The van der Waals surface area contributed by atoms with Crippen molar-refractivity contribution >= 4 is 23.5 Å². The van der Waals surface area contributed by atoms with E-state index in [1.807, 2.05) is 0 Å². The molecule has 1 rings (SSSR count). The van der Waals surface area contributed by atoms with Gasteiger partial charge >= 0.3 is 12.0 Å². The van der Waals surface area contributed by atoms with Crippen molar-refractivity contribution in [3.63, 3.8) is 0 Å². The van der Waals surface area contributed by atoms with Gasteiger partial charge in [0.15, 0.2) is 5.78 Å². The molecule has 0 radical (unpaired) electrons. The Bertz CT molecular complexity index is 482. The molecule has 0 aliphatic carbocycles. The molecule has 0 saturated heterocycles. The molecule has 0 unspecified atom stereocenters. The Kier molecular flexibility index (Phi) is 5.05. The van der Waals surface area contributed by atoms with Crippen LogP contribution in [-0.4, -0.2) is 28.9 Å². The Morgan fingerprint density at radius 2 is 1.79 bits per heavy atom. The SMILES string of the molecule is CC[C@H](NC(=O)Nc1ccc(C(C)=O)cc1)C(=O)O. The second-order valence-electron chi connectivity index (χ2n) is 4.03. The Morgan fingerprint density at radius 3 is 2.21 bits per heavy atom. The predicted molar refractivity (Wildman–Crippen MR) is 70.3 cm³/mol. The number of urea groups is 1. The van der Waals surface area contributed by atoms with Crippen LogP contribution in [0.25, 0.3) is 0 Å². The van der Waals surface area contributed by atoms with Gasteiger partial charge in [0.05, 0.1) is 0 Å². The lowest BCUT2D eigenvalue weighted by Gasteiger charge is -2.13. The number of amides is 2. The van der Waals surface area contributed by atoms with Crippen LogP contribution in [0.4, 0.5) is 10.5 Å². The molecule has 2 amide bonds. The van der Waals surface area contributed by atoms with Gasteiger partial charge in [-0.1, -0.05) is 6.92 Å². The van der Waals surface area contributed by atoms with Crippen LogP contribution in [0.2, 0.25) is 0 Å². The van der Waals surface area contributed by atoms with E-state index in [1.54, 1.807) is 31.2 Å². The molecule has 0 heterocycles. The maximum Gasteiger partial charge on any atom is 0.326 e. The lowest BCUT2D eigenvalue weighted by molar-refractivity contribution is -0.139. The van der Waals surface area contributed by atoms with Crippen LogP contribution >= 0.6 is 0 Å². The van der Waals surface area contributed by atoms with Crippen molar-refractivity contribution in [2.45, 2.75) is 26.3 Å². The molecular formula is C13H16N2O4. The molecule has 0 bridgehead atoms. The van der Waals surface area contributed by atoms with E-state index in [9.17, 15) is 14.4 Å². The number of rotatable bonds is 5. The van der Waals surface area contributed by atoms with Gasteiger partial charge < -0.3 is 15.7 Å². The topological polar surface area (TPSA) is 95.5 Å². The highest BCUT2D eigenvalue weighted by atomic mass is 16.4. The van der Waals surface area contributed by atoms with Gasteiger partial charge in [-0.2, -0.15) is 0 Å². The monoisotopic (exact) mass is 264 g/mol. The molecule has 1 aromatic carbocycles. The van der Waals surface area contributed by atoms with Gasteiger partial charge in [-0.25, -0.2) is 9.59 Å². The highest BCUT2D eigenvalue weighted by molar-refractivity contribution is 5.95. The van der Waals surface area contributed by atoms with Crippen LogP contribution in [0.5, 0.6) is 0 Å². The second-order valence-corrected chi connectivity index (χ2v) is 4.03. The smallest absolute Gasteiger partial charge is 0.326 e. The fourth-order valence-electron chi connectivity index (χ4n) is 1.45. The maximum atomic E-state index is 11.6. The van der Waals surface area contributed by atoms with Gasteiger partial charge in [0.1, 0.15) is 6.04 Å². The van der Waals surface area contributed by atoms with Crippen molar-refractivity contribution in [1.29, 1.82) is 0 Å². The average Bonchev–Trinajstić information content (AvgIpc) is 2.36. The number of carboxylic acids is 1. The first-order valence-corrected chi connectivity index (χ1v) is 5.85. The second kappa shape index (κ2) is 6.53. The van der Waals surface area contributed by atoms with E-state index in [-0.39, 0.29) is 5.78 Å². The number of carbonyl (C=O) groups excluding carboxylic acids is 2. The van der Waals surface area contributed by atoms with Gasteiger partial charge in [-0.15, -0.1) is 0 Å². The maximum absolute atomic E-state index is 11.6. The number of benzene rings is 1. The summed E-state index contributed by atoms with van der Waals surface area (Å²) < 4.78 is 0. The van der Waals surface area contributed by atoms with Crippen LogP contribution in [0.3, 0.4) is 0 Å². The van der Waals surface area contributed by atoms with E-state index in [4.69, 9.17) is 5.11 Å². The first kappa shape index (κ1) is 14.7. The molecule has 6 nitrogen and oxygen atoms in total. The number of Topliss-reactive ketones (excluding diaryl/α,β-unsaturated/α-hetero) is 1. The summed E-state index contributed by atoms with van der Waals surface area (Å²) >= 11 is 0. The third kappa shape index (κ3) is 4.42. The number of carboxylic acid groups (broad SMARTS) is 1. The summed E-state index contributed by atoms with van der Waals surface area (Å²) in [4.78, 5) is 33.4. The number of hydrogen-bond donors (Lipinski definition) is 3. The predicted octanol–water partition coefficient (Wildman–Crippen LogP) is 1.87. The van der Waals surface area contributed by atoms with Crippen molar-refractivity contribution in [2.75, 3.05) is 5.32 Å². The molecule has 0 aliphatic rings. The third-order valence-electron chi connectivity index (χ3n) is 2.56. The van der Waals surface area contributed by atoms with Crippen molar-refractivity contribution in [3.8, 4) is 0 Å². The highest BCUT2D eigenvalue weighted by Gasteiger charge is 2.17. The van der Waals surface area contributed by atoms with Gasteiger partial charge in [-0.05, 0) is 37.6 Å². The van der Waals surface area contributed by atoms with Crippen LogP contribution in [-0.2, 0) is 4.79 Å². The summed E-state index contributed by atoms with van der Waals surface area (Å²) in [5.41, 5.74) is 1.03. The molecule has 6 heteroatoms. The minimum atomic E-state index is -1.08. The number of aliphatic carboxylic acids is 1. The lowest BCUT2D eigenvalue weighted by atomic mass is 10.1. The van der Waals surface area contributed by atoms with Gasteiger partial charge in [0, 0.05) is 11.3 Å². The summed E-state index contributed by atoms with van der Waals surface area (Å²) in [5.74, 6) is -1.14. The van der Waals surface area contributed by atoms with Gasteiger partial charge in [-0.3, -0.25) is 4.79 Å². The molecule has 0 spiro atoms. The Labute approximate surface area is 110 Å². The minimum absolute atomic E-state index is 0.0621. The molecule has 1 aromatic rings. The number of carbonyl (C=O) groups is 3. The fraction of sp³-hybridized carbons (Fsp3) is 0.308. The standard InChI is InChI=1S/C13H16N2O4/c1-3-11(12(17)18)15-13(19)14-10-6-4-9(5-7-10)8(2)16/h4-7,11H,3H2,1-2H3,(H,17,18)(H2,14,15,19)/t11-/m0/s1. The van der Waals surface area contributed by atoms with E-state index in [2.05, 4.69) is 10.6 Å². The molecule has 0 aromatic heterocycles. The summed E-state index contributed by atoms with van der Waals surface area (Å²) in [6.07, 6.45) is 0.298. The molecular weight excluding hydrogens is 248 g/mol. The molecule has 0 saturated carbocycles. The zero-order valence-electron chi connectivity index (χ0n) is 10.8. The molecule has 0 aliphatic heterocycles. The van der Waals surface area contributed by atoms with E-state index < -0.39 is 18.0 Å². The summed E-state index contributed by atoms with van der Waals surface area (Å²) in [6.45, 7) is 3.12. The summed E-state index contributed by atoms with van der Waals surface area (Å²) in [7, 11) is 0. The molecule has 1 atom stereocenters. The molecule has 102 valence electrons. The molecule has 3 N–H and O–H groups in total. The quantitative estimate of drug-likeness (QED) is 0.707. The van der Waals surface area contributed by atoms with Crippen molar-refractivity contribution in [3.05, 3.63) is 29.8 Å². The lowest BCUT2D eigenvalue weighted by Crippen LogP contribution is -2.42. The van der Waals surface area contributed by atoms with Gasteiger partial charge in [0.2, 0.25) is 0 Å². The van der Waals surface area contributed by atoms with E-state index >= 15 is 0 Å². The summed E-state index contributed by atoms with van der Waals surface area (Å²) in [5, 5.41) is 13.6. The number of nitrogens with one attached hydrogen (secondary N) is 2. The Balaban J connectivity index is 2.61. The van der Waals surface area contributed by atoms with Crippen molar-refractivity contribution < 1.29 is 19.5 Å². The normalized spacial score (nSPS) is 11.5. The zero-order chi connectivity index (χ0) is 14.4. The van der Waals surface area contributed by atoms with Crippen molar-refractivity contribution in [1.82, 2.24) is 5.32 Å². The fourth-order valence-corrected chi connectivity index (χ4v) is 1.45. The van der Waals surface area contributed by atoms with E-state index in [0.29, 0.717) is 17.7 Å². The first-order chi connectivity index (χ1) is 8.93. The van der Waals surface area contributed by atoms with Crippen molar-refractivity contribution in [2.24, 2.45) is 0 Å². The Hall–Kier alpha value is -2.37. The Morgan fingerprint density at radius 1 is 1.21 bits per heavy atom. The minimum Gasteiger partial charge on any atom is -0.480 e. The van der Waals surface area contributed by atoms with Gasteiger partial charge in [0.25, 0.3) is 0 Å². The van der Waals surface area contributed by atoms with Crippen LogP contribution in [0, 0.1) is 0 Å².